The van der Waals surface area contributed by atoms with E-state index in [0.717, 1.165) is 21.8 Å². The number of aryl methyl sites for hydroxylation is 1. The van der Waals surface area contributed by atoms with Crippen LogP contribution in [0.1, 0.15) is 31.0 Å². The largest absolute Gasteiger partial charge is 0.346 e. The fraction of sp³-hybridized carbons (Fsp3) is 0.200. The number of aromatic amines is 1. The van der Waals surface area contributed by atoms with Crippen LogP contribution in [0.2, 0.25) is 0 Å². The Kier molecular flexibility index (Phi) is 3.62. The molecule has 126 valence electrons. The molecule has 5 heteroatoms. The van der Waals surface area contributed by atoms with E-state index in [1.165, 1.54) is 11.3 Å². The van der Waals surface area contributed by atoms with E-state index in [4.69, 9.17) is 0 Å². The van der Waals surface area contributed by atoms with Crippen LogP contribution in [0.5, 0.6) is 0 Å². The number of nitrogens with zero attached hydrogens (tertiary/aromatic N) is 1. The van der Waals surface area contributed by atoms with Crippen LogP contribution < -0.4 is 11.0 Å². The number of para-hydroxylation sites is 1. The minimum Gasteiger partial charge on any atom is -0.346 e. The number of pyridine rings is 2. The highest BCUT2D eigenvalue weighted by Crippen LogP contribution is 2.25. The zero-order valence-electron chi connectivity index (χ0n) is 14.3. The summed E-state index contributed by atoms with van der Waals surface area (Å²) in [6.07, 6.45) is 0. The number of H-pyrrole nitrogens is 1. The normalized spacial score (nSPS) is 11.7. The number of nitrogens with one attached hydrogen (secondary N) is 1. The van der Waals surface area contributed by atoms with Gasteiger partial charge in [-0.1, -0.05) is 32.0 Å². The second-order valence-electron chi connectivity index (χ2n) is 6.57. The van der Waals surface area contributed by atoms with Crippen LogP contribution >= 0.6 is 11.3 Å². The number of rotatable bonds is 2. The smallest absolute Gasteiger partial charge is 0.268 e. The van der Waals surface area contributed by atoms with Crippen molar-refractivity contribution >= 4 is 32.5 Å². The zero-order chi connectivity index (χ0) is 17.7. The summed E-state index contributed by atoms with van der Waals surface area (Å²) in [5, 5.41) is 2.79. The van der Waals surface area contributed by atoms with Gasteiger partial charge in [0.25, 0.3) is 5.56 Å². The quantitative estimate of drug-likeness (QED) is 0.585. The lowest BCUT2D eigenvalue weighted by molar-refractivity contribution is 0.764. The maximum Gasteiger partial charge on any atom is 0.268 e. The summed E-state index contributed by atoms with van der Waals surface area (Å²) in [6.45, 7) is 6.00. The van der Waals surface area contributed by atoms with E-state index < -0.39 is 0 Å². The second kappa shape index (κ2) is 5.70. The molecule has 0 unspecified atom stereocenters. The molecular weight excluding hydrogens is 332 g/mol. The second-order valence-corrected chi connectivity index (χ2v) is 7.45. The van der Waals surface area contributed by atoms with Crippen LogP contribution in [0.4, 0.5) is 0 Å². The standard InChI is InChI=1S/C20H18N2O2S/c1-11(2)15-9-14-17(18(23)16-12(3)10-25-19(16)21-14)20(24)22(15)13-7-5-4-6-8-13/h4-11H,1-3H3,(H,21,23). The molecule has 0 spiro atoms. The van der Waals surface area contributed by atoms with Gasteiger partial charge in [-0.15, -0.1) is 11.3 Å². The first kappa shape index (κ1) is 15.8. The van der Waals surface area contributed by atoms with Gasteiger partial charge in [0.05, 0.1) is 10.9 Å². The van der Waals surface area contributed by atoms with Crippen LogP contribution in [0, 0.1) is 6.92 Å². The molecule has 1 N–H and O–H groups in total. The van der Waals surface area contributed by atoms with Crippen LogP contribution in [-0.4, -0.2) is 9.55 Å². The molecule has 0 bridgehead atoms. The summed E-state index contributed by atoms with van der Waals surface area (Å²) in [5.74, 6) is 0.140. The van der Waals surface area contributed by atoms with Crippen molar-refractivity contribution in [2.24, 2.45) is 0 Å². The van der Waals surface area contributed by atoms with E-state index in [1.54, 1.807) is 4.57 Å². The van der Waals surface area contributed by atoms with Crippen molar-refractivity contribution in [1.82, 2.24) is 9.55 Å². The lowest BCUT2D eigenvalue weighted by Crippen LogP contribution is -2.27. The first-order chi connectivity index (χ1) is 12.0. The van der Waals surface area contributed by atoms with E-state index in [2.05, 4.69) is 4.98 Å². The SMILES string of the molecule is Cc1csc2[nH]c3cc(C(C)C)n(-c4ccccc4)c(=O)c3c(=O)c12. The van der Waals surface area contributed by atoms with Gasteiger partial charge in [0.2, 0.25) is 5.43 Å². The monoisotopic (exact) mass is 350 g/mol. The molecule has 4 rings (SSSR count). The average molecular weight is 350 g/mol. The van der Waals surface area contributed by atoms with Crippen molar-refractivity contribution in [1.29, 1.82) is 0 Å². The van der Waals surface area contributed by atoms with Gasteiger partial charge in [0, 0.05) is 11.4 Å². The molecule has 0 aliphatic rings. The van der Waals surface area contributed by atoms with Gasteiger partial charge in [0.1, 0.15) is 10.2 Å². The van der Waals surface area contributed by atoms with E-state index >= 15 is 0 Å². The Morgan fingerprint density at radius 3 is 2.48 bits per heavy atom. The van der Waals surface area contributed by atoms with E-state index in [9.17, 15) is 9.59 Å². The van der Waals surface area contributed by atoms with Gasteiger partial charge in [-0.25, -0.2) is 0 Å². The molecule has 25 heavy (non-hydrogen) atoms. The molecule has 0 aliphatic heterocycles. The van der Waals surface area contributed by atoms with Gasteiger partial charge < -0.3 is 4.98 Å². The number of benzene rings is 1. The van der Waals surface area contributed by atoms with Gasteiger partial charge in [-0.05, 0) is 42.0 Å². The summed E-state index contributed by atoms with van der Waals surface area (Å²) in [6, 6.07) is 11.4. The van der Waals surface area contributed by atoms with Crippen molar-refractivity contribution in [2.75, 3.05) is 0 Å². The van der Waals surface area contributed by atoms with Crippen LogP contribution in [-0.2, 0) is 0 Å². The Labute approximate surface area is 148 Å². The molecule has 0 saturated heterocycles. The number of thiophene rings is 1. The van der Waals surface area contributed by atoms with Crippen LogP contribution in [0.25, 0.3) is 26.8 Å². The summed E-state index contributed by atoms with van der Waals surface area (Å²) >= 11 is 1.50. The average Bonchev–Trinajstić information content (AvgIpc) is 2.96. The molecule has 0 radical (unpaired) electrons. The summed E-state index contributed by atoms with van der Waals surface area (Å²) in [5.41, 5.74) is 2.72. The van der Waals surface area contributed by atoms with Crippen molar-refractivity contribution < 1.29 is 0 Å². The lowest BCUT2D eigenvalue weighted by atomic mass is 10.1. The minimum absolute atomic E-state index is 0.140. The highest BCUT2D eigenvalue weighted by molar-refractivity contribution is 7.17. The molecule has 4 nitrogen and oxygen atoms in total. The summed E-state index contributed by atoms with van der Waals surface area (Å²) in [7, 11) is 0. The molecule has 1 aromatic carbocycles. The molecule has 0 amide bonds. The third kappa shape index (κ3) is 2.35. The summed E-state index contributed by atoms with van der Waals surface area (Å²) in [4.78, 5) is 30.4. The van der Waals surface area contributed by atoms with Crippen LogP contribution in [0.15, 0.2) is 51.4 Å². The third-order valence-electron chi connectivity index (χ3n) is 4.52. The van der Waals surface area contributed by atoms with Crippen LogP contribution in [0.3, 0.4) is 0 Å². The summed E-state index contributed by atoms with van der Waals surface area (Å²) < 4.78 is 1.66. The maximum absolute atomic E-state index is 13.3. The first-order valence-electron chi connectivity index (χ1n) is 8.24. The fourth-order valence-electron chi connectivity index (χ4n) is 3.28. The highest BCUT2D eigenvalue weighted by Gasteiger charge is 2.18. The fourth-order valence-corrected chi connectivity index (χ4v) is 4.23. The Hall–Kier alpha value is -2.66. The Bertz CT molecular complexity index is 1210. The van der Waals surface area contributed by atoms with E-state index in [0.29, 0.717) is 10.9 Å². The lowest BCUT2D eigenvalue weighted by Gasteiger charge is -2.17. The Morgan fingerprint density at radius 2 is 1.80 bits per heavy atom. The van der Waals surface area contributed by atoms with Crippen molar-refractivity contribution in [3.63, 3.8) is 0 Å². The highest BCUT2D eigenvalue weighted by atomic mass is 32.1. The first-order valence-corrected chi connectivity index (χ1v) is 9.12. The van der Waals surface area contributed by atoms with Gasteiger partial charge in [0.15, 0.2) is 0 Å². The van der Waals surface area contributed by atoms with Gasteiger partial charge in [-0.3, -0.25) is 14.2 Å². The Morgan fingerprint density at radius 1 is 1.08 bits per heavy atom. The topological polar surface area (TPSA) is 54.9 Å². The molecule has 0 atom stereocenters. The molecule has 0 aliphatic carbocycles. The zero-order valence-corrected chi connectivity index (χ0v) is 15.1. The molecule has 0 saturated carbocycles. The number of hydrogen-bond donors (Lipinski definition) is 1. The Balaban J connectivity index is 2.23. The number of fused-ring (bicyclic) bond motifs is 2. The van der Waals surface area contributed by atoms with Crippen molar-refractivity contribution in [3.8, 4) is 5.69 Å². The predicted octanol–water partition coefficient (Wildman–Crippen LogP) is 4.33. The predicted molar refractivity (Wildman–Crippen MR) is 104 cm³/mol. The molecule has 3 aromatic heterocycles. The number of aromatic nitrogens is 2. The van der Waals surface area contributed by atoms with Gasteiger partial charge >= 0.3 is 0 Å². The van der Waals surface area contributed by atoms with E-state index in [1.807, 2.05) is 62.5 Å². The van der Waals surface area contributed by atoms with Gasteiger partial charge in [-0.2, -0.15) is 0 Å². The van der Waals surface area contributed by atoms with Crippen molar-refractivity contribution in [2.45, 2.75) is 26.7 Å². The molecule has 0 fully saturated rings. The molecule has 4 aromatic rings. The van der Waals surface area contributed by atoms with E-state index in [-0.39, 0.29) is 22.3 Å². The van der Waals surface area contributed by atoms with Crippen molar-refractivity contribution in [3.05, 3.63) is 73.6 Å². The minimum atomic E-state index is -0.263. The molecular formula is C20H18N2O2S. The maximum atomic E-state index is 13.3. The number of hydrogen-bond acceptors (Lipinski definition) is 3. The third-order valence-corrected chi connectivity index (χ3v) is 5.53. The molecule has 3 heterocycles.